The monoisotopic (exact) mass is 413 g/mol. The van der Waals surface area contributed by atoms with Crippen LogP contribution in [-0.2, 0) is 16.1 Å². The van der Waals surface area contributed by atoms with Gasteiger partial charge in [0.1, 0.15) is 17.1 Å². The van der Waals surface area contributed by atoms with Gasteiger partial charge in [0, 0.05) is 30.4 Å². The van der Waals surface area contributed by atoms with Crippen LogP contribution in [0.25, 0.3) is 6.08 Å². The number of hydrogen-bond acceptors (Lipinski definition) is 6. The molecule has 0 aliphatic carbocycles. The number of hydrogen-bond donors (Lipinski definition) is 1. The van der Waals surface area contributed by atoms with E-state index in [1.165, 1.54) is 17.2 Å². The van der Waals surface area contributed by atoms with Crippen LogP contribution in [0.15, 0.2) is 46.6 Å². The van der Waals surface area contributed by atoms with Gasteiger partial charge in [-0.1, -0.05) is 0 Å². The van der Waals surface area contributed by atoms with E-state index in [0.29, 0.717) is 17.1 Å². The minimum absolute atomic E-state index is 0.0148. The number of benzene rings is 1. The lowest BCUT2D eigenvalue weighted by Crippen LogP contribution is -2.53. The number of furan rings is 1. The molecule has 152 valence electrons. The number of methoxy groups -OCH3 is 1. The zero-order valence-electron chi connectivity index (χ0n) is 16.6. The van der Waals surface area contributed by atoms with Gasteiger partial charge in [0.2, 0.25) is 0 Å². The highest BCUT2D eigenvalue weighted by molar-refractivity contribution is 7.80. The molecule has 0 atom stereocenters. The number of nitrogens with zero attached hydrogens (tertiary/aromatic N) is 2. The third-order valence-corrected chi connectivity index (χ3v) is 5.05. The first-order chi connectivity index (χ1) is 14.0. The molecule has 7 nitrogen and oxygen atoms in total. The Hall–Kier alpha value is -3.13. The van der Waals surface area contributed by atoms with Crippen LogP contribution >= 0.6 is 12.2 Å². The molecule has 1 aromatic heterocycles. The predicted octanol–water partition coefficient (Wildman–Crippen LogP) is 2.96. The summed E-state index contributed by atoms with van der Waals surface area (Å²) in [6.07, 6.45) is 3.05. The lowest BCUT2D eigenvalue weighted by atomic mass is 10.1. The van der Waals surface area contributed by atoms with Gasteiger partial charge in [-0.05, 0) is 56.4 Å². The summed E-state index contributed by atoms with van der Waals surface area (Å²) in [5.74, 6) is 0.126. The van der Waals surface area contributed by atoms with E-state index < -0.39 is 11.8 Å². The third kappa shape index (κ3) is 4.32. The van der Waals surface area contributed by atoms with Crippen molar-refractivity contribution in [3.05, 3.63) is 53.5 Å². The normalized spacial score (nSPS) is 15.6. The molecule has 2 aromatic rings. The molecule has 1 aliphatic heterocycles. The van der Waals surface area contributed by atoms with Crippen LogP contribution in [0.2, 0.25) is 0 Å². The molecule has 0 spiro atoms. The number of carbonyl (C=O) groups is 2. The zero-order valence-corrected chi connectivity index (χ0v) is 17.4. The summed E-state index contributed by atoms with van der Waals surface area (Å²) in [6, 6.07) is 9.15. The van der Waals surface area contributed by atoms with Gasteiger partial charge in [0.15, 0.2) is 5.11 Å². The first-order valence-corrected chi connectivity index (χ1v) is 9.73. The summed E-state index contributed by atoms with van der Waals surface area (Å²) in [5, 5.41) is 2.62. The Morgan fingerprint density at radius 1 is 1.24 bits per heavy atom. The fourth-order valence-electron chi connectivity index (χ4n) is 3.16. The number of amides is 2. The van der Waals surface area contributed by atoms with E-state index in [1.54, 1.807) is 19.2 Å². The quantitative estimate of drug-likeness (QED) is 0.427. The minimum atomic E-state index is -0.537. The second-order valence-corrected chi connectivity index (χ2v) is 6.77. The van der Waals surface area contributed by atoms with Gasteiger partial charge in [0.25, 0.3) is 11.8 Å². The second-order valence-electron chi connectivity index (χ2n) is 6.39. The SMILES string of the molecule is CCN(CC)c1ccc(C=C2C(=O)NC(=S)N(Cc3ccco3)C2=O)c(OC)c1. The molecule has 29 heavy (non-hydrogen) atoms. The summed E-state index contributed by atoms with van der Waals surface area (Å²) < 4.78 is 10.8. The molecule has 1 saturated heterocycles. The molecule has 1 fully saturated rings. The maximum atomic E-state index is 13.0. The summed E-state index contributed by atoms with van der Waals surface area (Å²) in [4.78, 5) is 28.9. The number of anilines is 1. The highest BCUT2D eigenvalue weighted by Gasteiger charge is 2.34. The first-order valence-electron chi connectivity index (χ1n) is 9.32. The van der Waals surface area contributed by atoms with E-state index in [9.17, 15) is 9.59 Å². The fraction of sp³-hybridized carbons (Fsp3) is 0.286. The van der Waals surface area contributed by atoms with Gasteiger partial charge in [-0.15, -0.1) is 0 Å². The van der Waals surface area contributed by atoms with Crippen molar-refractivity contribution in [1.29, 1.82) is 0 Å². The lowest BCUT2D eigenvalue weighted by Gasteiger charge is -2.28. The molecule has 0 unspecified atom stereocenters. The highest BCUT2D eigenvalue weighted by atomic mass is 32.1. The highest BCUT2D eigenvalue weighted by Crippen LogP contribution is 2.28. The molecule has 8 heteroatoms. The van der Waals surface area contributed by atoms with E-state index >= 15 is 0 Å². The number of carbonyl (C=O) groups excluding carboxylic acids is 2. The van der Waals surface area contributed by atoms with E-state index in [-0.39, 0.29) is 17.2 Å². The summed E-state index contributed by atoms with van der Waals surface area (Å²) in [5.41, 5.74) is 1.63. The Bertz CT molecular complexity index is 949. The van der Waals surface area contributed by atoms with Crippen LogP contribution in [0.5, 0.6) is 5.75 Å². The molecule has 0 bridgehead atoms. The van der Waals surface area contributed by atoms with E-state index in [4.69, 9.17) is 21.4 Å². The van der Waals surface area contributed by atoms with Gasteiger partial charge in [-0.2, -0.15) is 0 Å². The molecule has 2 heterocycles. The number of thiocarbonyl (C=S) groups is 1. The number of rotatable bonds is 7. The van der Waals surface area contributed by atoms with Gasteiger partial charge in [-0.25, -0.2) is 0 Å². The maximum absolute atomic E-state index is 13.0. The summed E-state index contributed by atoms with van der Waals surface area (Å²) in [6.45, 7) is 6.02. The molecule has 3 rings (SSSR count). The van der Waals surface area contributed by atoms with Crippen molar-refractivity contribution >= 4 is 40.9 Å². The van der Waals surface area contributed by atoms with Crippen LogP contribution in [-0.4, -0.2) is 42.0 Å². The van der Waals surface area contributed by atoms with Crippen molar-refractivity contribution in [2.45, 2.75) is 20.4 Å². The molecule has 0 radical (unpaired) electrons. The molecule has 0 saturated carbocycles. The topological polar surface area (TPSA) is 75.0 Å². The van der Waals surface area contributed by atoms with Crippen molar-refractivity contribution in [2.24, 2.45) is 0 Å². The van der Waals surface area contributed by atoms with Crippen molar-refractivity contribution in [3.8, 4) is 5.75 Å². The molecular weight excluding hydrogens is 390 g/mol. The van der Waals surface area contributed by atoms with E-state index in [0.717, 1.165) is 18.8 Å². The molecule has 2 amide bonds. The molecule has 1 aromatic carbocycles. The first kappa shape index (κ1) is 20.6. The second kappa shape index (κ2) is 8.91. The standard InChI is InChI=1S/C21H23N3O4S/c1-4-23(5-2)15-9-8-14(18(12-15)27-3)11-17-19(25)22-21(29)24(20(17)26)13-16-7-6-10-28-16/h6-12H,4-5,13H2,1-3H3,(H,22,25,29). The number of ether oxygens (including phenoxy) is 1. The molecule has 1 N–H and O–H groups in total. The van der Waals surface area contributed by atoms with Crippen LogP contribution in [0, 0.1) is 0 Å². The Morgan fingerprint density at radius 3 is 2.62 bits per heavy atom. The zero-order chi connectivity index (χ0) is 21.0. The maximum Gasteiger partial charge on any atom is 0.266 e. The van der Waals surface area contributed by atoms with Crippen molar-refractivity contribution in [2.75, 3.05) is 25.1 Å². The van der Waals surface area contributed by atoms with Crippen LogP contribution < -0.4 is 15.0 Å². The average molecular weight is 413 g/mol. The smallest absolute Gasteiger partial charge is 0.266 e. The van der Waals surface area contributed by atoms with Gasteiger partial charge >= 0.3 is 0 Å². The summed E-state index contributed by atoms with van der Waals surface area (Å²) >= 11 is 5.17. The van der Waals surface area contributed by atoms with Crippen LogP contribution in [0.3, 0.4) is 0 Å². The average Bonchev–Trinajstić information content (AvgIpc) is 3.23. The molecular formula is C21H23N3O4S. The van der Waals surface area contributed by atoms with Crippen molar-refractivity contribution in [1.82, 2.24) is 10.2 Å². The third-order valence-electron chi connectivity index (χ3n) is 4.73. The van der Waals surface area contributed by atoms with E-state index in [1.807, 2.05) is 18.2 Å². The van der Waals surface area contributed by atoms with E-state index in [2.05, 4.69) is 24.1 Å². The molecule has 1 aliphatic rings. The van der Waals surface area contributed by atoms with Crippen molar-refractivity contribution < 1.29 is 18.7 Å². The van der Waals surface area contributed by atoms with Crippen molar-refractivity contribution in [3.63, 3.8) is 0 Å². The van der Waals surface area contributed by atoms with Crippen LogP contribution in [0.4, 0.5) is 5.69 Å². The van der Waals surface area contributed by atoms with Gasteiger partial charge in [0.05, 0.1) is 19.9 Å². The minimum Gasteiger partial charge on any atom is -0.496 e. The Morgan fingerprint density at radius 2 is 2.00 bits per heavy atom. The van der Waals surface area contributed by atoms with Gasteiger partial charge < -0.3 is 14.1 Å². The predicted molar refractivity (Wildman–Crippen MR) is 115 cm³/mol. The van der Waals surface area contributed by atoms with Crippen LogP contribution in [0.1, 0.15) is 25.2 Å². The largest absolute Gasteiger partial charge is 0.496 e. The number of nitrogens with one attached hydrogen (secondary N) is 1. The lowest BCUT2D eigenvalue weighted by molar-refractivity contribution is -0.129. The summed E-state index contributed by atoms with van der Waals surface area (Å²) in [7, 11) is 1.56. The van der Waals surface area contributed by atoms with Gasteiger partial charge in [-0.3, -0.25) is 19.8 Å². The fourth-order valence-corrected chi connectivity index (χ4v) is 3.40. The Kier molecular flexibility index (Phi) is 6.33. The Labute approximate surface area is 174 Å². The Balaban J connectivity index is 1.94.